The molecule has 0 aliphatic heterocycles. The molecule has 2 unspecified atom stereocenters. The molecule has 7 nitrogen and oxygen atoms in total. The normalized spacial score (nSPS) is 30.5. The van der Waals surface area contributed by atoms with Gasteiger partial charge in [0.05, 0.1) is 12.5 Å². The van der Waals surface area contributed by atoms with E-state index in [1.54, 1.807) is 14.0 Å². The minimum absolute atomic E-state index is 0.0401. The van der Waals surface area contributed by atoms with Crippen LogP contribution >= 0.6 is 0 Å². The molecule has 2 amide bonds. The van der Waals surface area contributed by atoms with Gasteiger partial charge in [0.1, 0.15) is 5.75 Å². The van der Waals surface area contributed by atoms with Crippen molar-refractivity contribution in [3.05, 3.63) is 29.8 Å². The zero-order valence-corrected chi connectivity index (χ0v) is 18.4. The van der Waals surface area contributed by atoms with Crippen molar-refractivity contribution in [2.75, 3.05) is 20.3 Å². The van der Waals surface area contributed by atoms with Crippen LogP contribution < -0.4 is 15.4 Å². The van der Waals surface area contributed by atoms with Crippen molar-refractivity contribution in [2.24, 2.45) is 17.3 Å². The maximum atomic E-state index is 13.1. The summed E-state index contributed by atoms with van der Waals surface area (Å²) in [6.07, 6.45) is 5.96. The predicted molar refractivity (Wildman–Crippen MR) is 114 cm³/mol. The molecule has 168 valence electrons. The Balaban J connectivity index is 1.27. The monoisotopic (exact) mass is 428 g/mol. The van der Waals surface area contributed by atoms with E-state index in [0.29, 0.717) is 31.2 Å². The van der Waals surface area contributed by atoms with E-state index in [1.165, 1.54) is 0 Å². The van der Waals surface area contributed by atoms with Crippen LogP contribution in [0.4, 0.5) is 0 Å². The van der Waals surface area contributed by atoms with E-state index >= 15 is 0 Å². The average molecular weight is 429 g/mol. The van der Waals surface area contributed by atoms with Gasteiger partial charge in [-0.2, -0.15) is 0 Å². The number of hydrogen-bond donors (Lipinski definition) is 2. The first-order valence-electron chi connectivity index (χ1n) is 11.2. The molecule has 1 aromatic rings. The van der Waals surface area contributed by atoms with Gasteiger partial charge >= 0.3 is 5.97 Å². The quantitative estimate of drug-likeness (QED) is 0.620. The fourth-order valence-corrected chi connectivity index (χ4v) is 6.49. The molecule has 0 radical (unpaired) electrons. The Morgan fingerprint density at radius 2 is 1.74 bits per heavy atom. The highest BCUT2D eigenvalue weighted by Crippen LogP contribution is 2.62. The lowest BCUT2D eigenvalue weighted by Crippen LogP contribution is -2.64. The van der Waals surface area contributed by atoms with Crippen LogP contribution in [0.3, 0.4) is 0 Å². The fraction of sp³-hybridized carbons (Fsp3) is 0.625. The van der Waals surface area contributed by atoms with Gasteiger partial charge in [0, 0.05) is 19.0 Å². The Morgan fingerprint density at radius 3 is 2.35 bits per heavy atom. The molecule has 2 N–H and O–H groups in total. The second kappa shape index (κ2) is 8.52. The summed E-state index contributed by atoms with van der Waals surface area (Å²) in [7, 11) is 1.62. The number of carbonyl (C=O) groups excluding carboxylic acids is 3. The molecule has 0 saturated heterocycles. The highest BCUT2D eigenvalue weighted by Gasteiger charge is 2.61. The molecule has 4 aliphatic rings. The summed E-state index contributed by atoms with van der Waals surface area (Å²) < 4.78 is 10.6. The van der Waals surface area contributed by atoms with E-state index in [0.717, 1.165) is 43.4 Å². The number of ether oxygens (including phenoxy) is 2. The van der Waals surface area contributed by atoms with Crippen molar-refractivity contribution >= 4 is 17.8 Å². The van der Waals surface area contributed by atoms with E-state index in [-0.39, 0.29) is 29.9 Å². The molecule has 0 aromatic heterocycles. The van der Waals surface area contributed by atoms with Crippen molar-refractivity contribution in [1.29, 1.82) is 0 Å². The predicted octanol–water partition coefficient (Wildman–Crippen LogP) is 2.37. The van der Waals surface area contributed by atoms with Gasteiger partial charge in [0.25, 0.3) is 5.91 Å². The maximum Gasteiger partial charge on any atom is 0.312 e. The summed E-state index contributed by atoms with van der Waals surface area (Å²) in [5.74, 6) is 1.08. The molecule has 0 heterocycles. The van der Waals surface area contributed by atoms with E-state index in [9.17, 15) is 14.4 Å². The second-order valence-electron chi connectivity index (χ2n) is 9.73. The molecule has 5 rings (SSSR count). The van der Waals surface area contributed by atoms with Crippen LogP contribution in [-0.2, 0) is 25.5 Å². The highest BCUT2D eigenvalue weighted by atomic mass is 16.5. The van der Waals surface area contributed by atoms with Crippen LogP contribution in [0.2, 0.25) is 0 Å². The third-order valence-electron chi connectivity index (χ3n) is 7.16. The molecule has 31 heavy (non-hydrogen) atoms. The Hall–Kier alpha value is -2.57. The van der Waals surface area contributed by atoms with Gasteiger partial charge in [0.2, 0.25) is 5.91 Å². The molecule has 4 saturated carbocycles. The van der Waals surface area contributed by atoms with Gasteiger partial charge in [0.15, 0.2) is 6.61 Å². The van der Waals surface area contributed by atoms with Crippen molar-refractivity contribution < 1.29 is 23.9 Å². The SMILES string of the molecule is COc1ccc(CCNC(=O)COC(=O)C23CC4CC(CC(NC(C)=O)(C4)C2)C3)cc1. The Bertz CT molecular complexity index is 836. The van der Waals surface area contributed by atoms with Crippen LogP contribution in [0.15, 0.2) is 24.3 Å². The Kier molecular flexibility index (Phi) is 5.95. The van der Waals surface area contributed by atoms with E-state index in [4.69, 9.17) is 9.47 Å². The standard InChI is InChI=1S/C24H32N2O5/c1-16(27)26-24-12-18-9-19(13-24)11-23(10-18,15-24)22(29)31-14-21(28)25-8-7-17-3-5-20(30-2)6-4-17/h3-6,18-19H,7-15H2,1-2H3,(H,25,28)(H,26,27). The van der Waals surface area contributed by atoms with Crippen LogP contribution in [0.5, 0.6) is 5.75 Å². The molecular formula is C24H32N2O5. The zero-order chi connectivity index (χ0) is 22.1. The number of carbonyl (C=O) groups is 3. The smallest absolute Gasteiger partial charge is 0.312 e. The van der Waals surface area contributed by atoms with Gasteiger partial charge in [-0.15, -0.1) is 0 Å². The molecule has 1 aromatic carbocycles. The third-order valence-corrected chi connectivity index (χ3v) is 7.16. The summed E-state index contributed by atoms with van der Waals surface area (Å²) in [5, 5.41) is 5.97. The number of rotatable bonds is 8. The first-order chi connectivity index (χ1) is 14.8. The molecular weight excluding hydrogens is 396 g/mol. The summed E-state index contributed by atoms with van der Waals surface area (Å²) in [5.41, 5.74) is 0.251. The first-order valence-corrected chi connectivity index (χ1v) is 11.2. The molecule has 4 bridgehead atoms. The highest BCUT2D eigenvalue weighted by molar-refractivity contribution is 5.83. The van der Waals surface area contributed by atoms with Gasteiger partial charge in [-0.05, 0) is 74.5 Å². The third kappa shape index (κ3) is 4.70. The van der Waals surface area contributed by atoms with E-state index in [2.05, 4.69) is 10.6 Å². The minimum Gasteiger partial charge on any atom is -0.497 e. The lowest BCUT2D eigenvalue weighted by Gasteiger charge is -2.60. The lowest BCUT2D eigenvalue weighted by molar-refractivity contribution is -0.177. The van der Waals surface area contributed by atoms with Crippen LogP contribution in [0, 0.1) is 17.3 Å². The largest absolute Gasteiger partial charge is 0.497 e. The molecule has 7 heteroatoms. The van der Waals surface area contributed by atoms with Crippen molar-refractivity contribution in [3.8, 4) is 5.75 Å². The summed E-state index contributed by atoms with van der Waals surface area (Å²) in [4.78, 5) is 37.0. The summed E-state index contributed by atoms with van der Waals surface area (Å²) in [6, 6.07) is 7.70. The number of hydrogen-bond acceptors (Lipinski definition) is 5. The number of amides is 2. The van der Waals surface area contributed by atoms with Crippen molar-refractivity contribution in [1.82, 2.24) is 10.6 Å². The van der Waals surface area contributed by atoms with E-state index in [1.807, 2.05) is 24.3 Å². The van der Waals surface area contributed by atoms with Crippen LogP contribution in [0.25, 0.3) is 0 Å². The number of benzene rings is 1. The number of esters is 1. The molecule has 4 fully saturated rings. The first kappa shape index (κ1) is 21.7. The van der Waals surface area contributed by atoms with Gasteiger partial charge < -0.3 is 20.1 Å². The summed E-state index contributed by atoms with van der Waals surface area (Å²) >= 11 is 0. The summed E-state index contributed by atoms with van der Waals surface area (Å²) in [6.45, 7) is 1.76. The van der Waals surface area contributed by atoms with Gasteiger partial charge in [-0.1, -0.05) is 12.1 Å². The van der Waals surface area contributed by atoms with E-state index < -0.39 is 5.41 Å². The number of methoxy groups -OCH3 is 1. The lowest BCUT2D eigenvalue weighted by atomic mass is 9.47. The van der Waals surface area contributed by atoms with Crippen LogP contribution in [-0.4, -0.2) is 43.6 Å². The van der Waals surface area contributed by atoms with Crippen LogP contribution in [0.1, 0.15) is 51.0 Å². The maximum absolute atomic E-state index is 13.1. The fourth-order valence-electron chi connectivity index (χ4n) is 6.49. The molecule has 4 aliphatic carbocycles. The van der Waals surface area contributed by atoms with Gasteiger partial charge in [-0.25, -0.2) is 0 Å². The molecule has 2 atom stereocenters. The van der Waals surface area contributed by atoms with Gasteiger partial charge in [-0.3, -0.25) is 14.4 Å². The van der Waals surface area contributed by atoms with Crippen molar-refractivity contribution in [3.63, 3.8) is 0 Å². The minimum atomic E-state index is -0.560. The second-order valence-corrected chi connectivity index (χ2v) is 9.73. The molecule has 0 spiro atoms. The zero-order valence-electron chi connectivity index (χ0n) is 18.4. The Labute approximate surface area is 183 Å². The topological polar surface area (TPSA) is 93.7 Å². The Morgan fingerprint density at radius 1 is 1.06 bits per heavy atom. The average Bonchev–Trinajstić information content (AvgIpc) is 2.70. The number of nitrogens with one attached hydrogen (secondary N) is 2. The van der Waals surface area contributed by atoms with Crippen molar-refractivity contribution in [2.45, 2.75) is 57.4 Å².